The Hall–Kier alpha value is -1.94. The maximum atomic E-state index is 11.9. The van der Waals surface area contributed by atoms with Crippen molar-refractivity contribution in [3.05, 3.63) is 47.5 Å². The Labute approximate surface area is 111 Å². The van der Waals surface area contributed by atoms with E-state index in [-0.39, 0.29) is 24.0 Å². The van der Waals surface area contributed by atoms with Gasteiger partial charge in [-0.05, 0) is 18.1 Å². The number of ether oxygens (including phenoxy) is 1. The van der Waals surface area contributed by atoms with Gasteiger partial charge in [-0.15, -0.1) is 0 Å². The molecule has 4 heteroatoms. The molecule has 0 bridgehead atoms. The van der Waals surface area contributed by atoms with E-state index in [1.165, 1.54) is 17.1 Å². The minimum Gasteiger partial charge on any atom is -0.376 e. The number of benzene rings is 1. The van der Waals surface area contributed by atoms with Crippen molar-refractivity contribution < 1.29 is 14.3 Å². The molecule has 1 aliphatic carbocycles. The molecule has 1 aromatic rings. The summed E-state index contributed by atoms with van der Waals surface area (Å²) in [6.45, 7) is 2.49. The van der Waals surface area contributed by atoms with Gasteiger partial charge in [0.2, 0.25) is 0 Å². The summed E-state index contributed by atoms with van der Waals surface area (Å²) in [7, 11) is 0. The molecule has 3 rings (SSSR count). The van der Waals surface area contributed by atoms with Crippen LogP contribution in [0.2, 0.25) is 0 Å². The number of nitrogens with zero attached hydrogens (tertiary/aromatic N) is 1. The molecule has 0 saturated heterocycles. The van der Waals surface area contributed by atoms with E-state index in [1.54, 1.807) is 0 Å². The minimum absolute atomic E-state index is 0.143. The summed E-state index contributed by atoms with van der Waals surface area (Å²) in [5, 5.41) is 0. The fourth-order valence-electron chi connectivity index (χ4n) is 2.89. The normalized spacial score (nSPS) is 25.2. The summed E-state index contributed by atoms with van der Waals surface area (Å²) in [5.74, 6) is -0.507. The van der Waals surface area contributed by atoms with Crippen LogP contribution < -0.4 is 0 Å². The van der Waals surface area contributed by atoms with Crippen LogP contribution in [0.25, 0.3) is 0 Å². The average molecular weight is 257 g/mol. The first-order valence-electron chi connectivity index (χ1n) is 6.47. The molecule has 0 fully saturated rings. The molecule has 0 spiro atoms. The van der Waals surface area contributed by atoms with E-state index in [4.69, 9.17) is 4.74 Å². The fraction of sp³-hybridized carbons (Fsp3) is 0.333. The summed E-state index contributed by atoms with van der Waals surface area (Å²) < 4.78 is 5.73. The van der Waals surface area contributed by atoms with Gasteiger partial charge >= 0.3 is 0 Å². The van der Waals surface area contributed by atoms with E-state index < -0.39 is 0 Å². The second kappa shape index (κ2) is 4.63. The van der Waals surface area contributed by atoms with Gasteiger partial charge in [0.15, 0.2) is 0 Å². The Morgan fingerprint density at radius 3 is 2.58 bits per heavy atom. The Balaban J connectivity index is 2.00. The first-order chi connectivity index (χ1) is 9.22. The average Bonchev–Trinajstić information content (AvgIpc) is 2.91. The van der Waals surface area contributed by atoms with Crippen LogP contribution in [0.1, 0.15) is 24.1 Å². The third kappa shape index (κ3) is 1.88. The smallest absolute Gasteiger partial charge is 0.254 e. The molecule has 0 radical (unpaired) electrons. The number of hydrogen-bond acceptors (Lipinski definition) is 3. The third-order valence-electron chi connectivity index (χ3n) is 3.65. The van der Waals surface area contributed by atoms with Gasteiger partial charge in [-0.2, -0.15) is 0 Å². The summed E-state index contributed by atoms with van der Waals surface area (Å²) in [6.07, 6.45) is 3.25. The Bertz CT molecular complexity index is 546. The highest BCUT2D eigenvalue weighted by Gasteiger charge is 2.42. The van der Waals surface area contributed by atoms with Gasteiger partial charge in [-0.1, -0.05) is 24.3 Å². The maximum absolute atomic E-state index is 11.9. The second-order valence-electron chi connectivity index (χ2n) is 4.72. The monoisotopic (exact) mass is 257 g/mol. The van der Waals surface area contributed by atoms with E-state index in [0.29, 0.717) is 6.61 Å². The van der Waals surface area contributed by atoms with Gasteiger partial charge in [-0.3, -0.25) is 14.5 Å². The number of hydrogen-bond donors (Lipinski definition) is 0. The van der Waals surface area contributed by atoms with Crippen molar-refractivity contribution >= 4 is 11.8 Å². The van der Waals surface area contributed by atoms with Gasteiger partial charge in [0.25, 0.3) is 11.8 Å². The maximum Gasteiger partial charge on any atom is 0.254 e. The minimum atomic E-state index is -0.300. The van der Waals surface area contributed by atoms with E-state index in [2.05, 4.69) is 0 Å². The topological polar surface area (TPSA) is 46.6 Å². The molecule has 2 aliphatic rings. The predicted octanol–water partition coefficient (Wildman–Crippen LogP) is 1.61. The molecule has 0 saturated carbocycles. The van der Waals surface area contributed by atoms with Crippen LogP contribution in [0.15, 0.2) is 36.4 Å². The van der Waals surface area contributed by atoms with Crippen LogP contribution in [-0.4, -0.2) is 29.4 Å². The van der Waals surface area contributed by atoms with Gasteiger partial charge in [0, 0.05) is 25.2 Å². The quantitative estimate of drug-likeness (QED) is 0.773. The van der Waals surface area contributed by atoms with E-state index in [1.807, 2.05) is 31.2 Å². The van der Waals surface area contributed by atoms with Crippen molar-refractivity contribution in [2.24, 2.45) is 0 Å². The van der Waals surface area contributed by atoms with Crippen molar-refractivity contribution in [3.8, 4) is 0 Å². The SMILES string of the molecule is CCO[C@H]1Cc2ccccc2[C@@H]1N1C(=O)C=CC1=O. The highest BCUT2D eigenvalue weighted by Crippen LogP contribution is 2.38. The molecule has 19 heavy (non-hydrogen) atoms. The largest absolute Gasteiger partial charge is 0.376 e. The van der Waals surface area contributed by atoms with Crippen molar-refractivity contribution in [1.29, 1.82) is 0 Å². The molecule has 2 atom stereocenters. The highest BCUT2D eigenvalue weighted by molar-refractivity contribution is 6.13. The van der Waals surface area contributed by atoms with Gasteiger partial charge in [0.1, 0.15) is 0 Å². The van der Waals surface area contributed by atoms with Crippen molar-refractivity contribution in [3.63, 3.8) is 0 Å². The lowest BCUT2D eigenvalue weighted by Gasteiger charge is -2.28. The van der Waals surface area contributed by atoms with Gasteiger partial charge < -0.3 is 4.74 Å². The molecule has 1 aliphatic heterocycles. The fourth-order valence-corrected chi connectivity index (χ4v) is 2.89. The van der Waals surface area contributed by atoms with Crippen molar-refractivity contribution in [1.82, 2.24) is 4.90 Å². The van der Waals surface area contributed by atoms with Crippen LogP contribution in [0, 0.1) is 0 Å². The molecule has 0 N–H and O–H groups in total. The zero-order valence-corrected chi connectivity index (χ0v) is 10.7. The molecule has 4 nitrogen and oxygen atoms in total. The van der Waals surface area contributed by atoms with E-state index in [9.17, 15) is 9.59 Å². The zero-order chi connectivity index (χ0) is 13.4. The number of fused-ring (bicyclic) bond motifs is 1. The molecule has 1 aromatic carbocycles. The molecular formula is C15H15NO3. The Morgan fingerprint density at radius 2 is 1.89 bits per heavy atom. The first-order valence-corrected chi connectivity index (χ1v) is 6.47. The van der Waals surface area contributed by atoms with Gasteiger partial charge in [0.05, 0.1) is 12.1 Å². The molecular weight excluding hydrogens is 242 g/mol. The van der Waals surface area contributed by atoms with Crippen molar-refractivity contribution in [2.75, 3.05) is 6.61 Å². The van der Waals surface area contributed by atoms with E-state index in [0.717, 1.165) is 17.5 Å². The highest BCUT2D eigenvalue weighted by atomic mass is 16.5. The number of carbonyl (C=O) groups is 2. The van der Waals surface area contributed by atoms with Crippen LogP contribution in [-0.2, 0) is 20.7 Å². The van der Waals surface area contributed by atoms with E-state index >= 15 is 0 Å². The standard InChI is InChI=1S/C15H15NO3/c1-2-19-12-9-10-5-3-4-6-11(10)15(12)16-13(17)7-8-14(16)18/h3-8,12,15H,2,9H2,1H3/t12-,15-/m0/s1. The lowest BCUT2D eigenvalue weighted by Crippen LogP contribution is -2.39. The van der Waals surface area contributed by atoms with Gasteiger partial charge in [-0.25, -0.2) is 0 Å². The first kappa shape index (κ1) is 12.1. The zero-order valence-electron chi connectivity index (χ0n) is 10.7. The number of imide groups is 1. The molecule has 2 amide bonds. The molecule has 1 heterocycles. The lowest BCUT2D eigenvalue weighted by molar-refractivity contribution is -0.143. The third-order valence-corrected chi connectivity index (χ3v) is 3.65. The Morgan fingerprint density at radius 1 is 1.21 bits per heavy atom. The molecule has 0 unspecified atom stereocenters. The number of carbonyl (C=O) groups excluding carboxylic acids is 2. The molecule has 98 valence electrons. The number of amides is 2. The predicted molar refractivity (Wildman–Crippen MR) is 69.3 cm³/mol. The van der Waals surface area contributed by atoms with Crippen LogP contribution in [0.4, 0.5) is 0 Å². The summed E-state index contributed by atoms with van der Waals surface area (Å²) in [6, 6.07) is 7.60. The summed E-state index contributed by atoms with van der Waals surface area (Å²) >= 11 is 0. The lowest BCUT2D eigenvalue weighted by atomic mass is 10.1. The number of rotatable bonds is 3. The molecule has 0 aromatic heterocycles. The van der Waals surface area contributed by atoms with Crippen LogP contribution in [0.5, 0.6) is 0 Å². The summed E-state index contributed by atoms with van der Waals surface area (Å²) in [4.78, 5) is 25.1. The van der Waals surface area contributed by atoms with Crippen LogP contribution in [0.3, 0.4) is 0 Å². The second-order valence-corrected chi connectivity index (χ2v) is 4.72. The van der Waals surface area contributed by atoms with Crippen molar-refractivity contribution in [2.45, 2.75) is 25.5 Å². The summed E-state index contributed by atoms with van der Waals surface area (Å²) in [5.41, 5.74) is 2.17. The van der Waals surface area contributed by atoms with Crippen LogP contribution >= 0.6 is 0 Å². The Kier molecular flexibility index (Phi) is 2.95.